The molecule has 1 aromatic rings. The van der Waals surface area contributed by atoms with E-state index >= 15 is 0 Å². The molecule has 2 saturated heterocycles. The topological polar surface area (TPSA) is 60.9 Å². The lowest BCUT2D eigenvalue weighted by molar-refractivity contribution is -0.135. The zero-order valence-electron chi connectivity index (χ0n) is 15.7. The minimum Gasteiger partial charge on any atom is -0.371 e. The molecule has 2 aliphatic heterocycles. The van der Waals surface area contributed by atoms with Crippen LogP contribution >= 0.6 is 0 Å². The molecule has 2 fully saturated rings. The van der Waals surface area contributed by atoms with Crippen LogP contribution in [0, 0.1) is 0 Å². The summed E-state index contributed by atoms with van der Waals surface area (Å²) in [6.45, 7) is 3.05. The van der Waals surface area contributed by atoms with Crippen LogP contribution in [-0.2, 0) is 21.4 Å². The van der Waals surface area contributed by atoms with Gasteiger partial charge in [0.05, 0.1) is 6.26 Å². The molecule has 1 unspecified atom stereocenters. The zero-order valence-corrected chi connectivity index (χ0v) is 16.5. The van der Waals surface area contributed by atoms with Gasteiger partial charge in [-0.15, -0.1) is 0 Å². The smallest absolute Gasteiger partial charge is 0.241 e. The van der Waals surface area contributed by atoms with Gasteiger partial charge in [0.1, 0.15) is 6.04 Å². The predicted octanol–water partition coefficient (Wildman–Crippen LogP) is 2.06. The fraction of sp³-hybridized carbons (Fsp3) is 0.632. The normalized spacial score (nSPS) is 21.8. The first-order chi connectivity index (χ1) is 12.4. The summed E-state index contributed by atoms with van der Waals surface area (Å²) in [5.74, 6) is -0.105. The maximum Gasteiger partial charge on any atom is 0.241 e. The Morgan fingerprint density at radius 1 is 1.12 bits per heavy atom. The highest BCUT2D eigenvalue weighted by Gasteiger charge is 2.36. The number of benzene rings is 1. The van der Waals surface area contributed by atoms with Gasteiger partial charge < -0.3 is 9.80 Å². The molecule has 6 nitrogen and oxygen atoms in total. The third kappa shape index (κ3) is 4.20. The maximum absolute atomic E-state index is 13.0. The molecule has 7 heteroatoms. The average molecular weight is 380 g/mol. The first kappa shape index (κ1) is 19.2. The molecule has 144 valence electrons. The SMILES string of the molecule is CN(Cc1ccccc1N1CCCC1)C(=O)C1CCCCN1S(C)(=O)=O. The van der Waals surface area contributed by atoms with E-state index in [1.165, 1.54) is 29.1 Å². The summed E-state index contributed by atoms with van der Waals surface area (Å²) in [6.07, 6.45) is 5.91. The Hall–Kier alpha value is -1.60. The highest BCUT2D eigenvalue weighted by atomic mass is 32.2. The minimum atomic E-state index is -3.37. The van der Waals surface area contributed by atoms with Gasteiger partial charge in [-0.25, -0.2) is 8.42 Å². The molecule has 0 spiro atoms. The number of rotatable bonds is 5. The third-order valence-electron chi connectivity index (χ3n) is 5.39. The van der Waals surface area contributed by atoms with Crippen LogP contribution in [0.25, 0.3) is 0 Å². The van der Waals surface area contributed by atoms with E-state index in [0.717, 1.165) is 31.5 Å². The van der Waals surface area contributed by atoms with Gasteiger partial charge in [-0.05, 0) is 37.3 Å². The second-order valence-electron chi connectivity index (χ2n) is 7.40. The number of hydrogen-bond acceptors (Lipinski definition) is 4. The van der Waals surface area contributed by atoms with Gasteiger partial charge in [-0.1, -0.05) is 24.6 Å². The van der Waals surface area contributed by atoms with Crippen molar-refractivity contribution in [3.05, 3.63) is 29.8 Å². The van der Waals surface area contributed by atoms with E-state index in [1.807, 2.05) is 12.1 Å². The monoisotopic (exact) mass is 379 g/mol. The molecule has 0 aliphatic carbocycles. The lowest BCUT2D eigenvalue weighted by atomic mass is 10.0. The lowest BCUT2D eigenvalue weighted by Crippen LogP contribution is -2.51. The number of anilines is 1. The van der Waals surface area contributed by atoms with E-state index in [1.54, 1.807) is 11.9 Å². The fourth-order valence-electron chi connectivity index (χ4n) is 4.05. The van der Waals surface area contributed by atoms with Gasteiger partial charge >= 0.3 is 0 Å². The van der Waals surface area contributed by atoms with E-state index in [4.69, 9.17) is 0 Å². The molecule has 3 rings (SSSR count). The summed E-state index contributed by atoms with van der Waals surface area (Å²) in [6, 6.07) is 7.64. The van der Waals surface area contributed by atoms with Crippen molar-refractivity contribution in [2.45, 2.75) is 44.7 Å². The summed E-state index contributed by atoms with van der Waals surface area (Å²) < 4.78 is 25.5. The van der Waals surface area contributed by atoms with Crippen LogP contribution in [0.5, 0.6) is 0 Å². The molecule has 26 heavy (non-hydrogen) atoms. The summed E-state index contributed by atoms with van der Waals surface area (Å²) in [5, 5.41) is 0. The van der Waals surface area contributed by atoms with Crippen molar-refractivity contribution in [3.8, 4) is 0 Å². The molecule has 1 atom stereocenters. The third-order valence-corrected chi connectivity index (χ3v) is 6.68. The Morgan fingerprint density at radius 3 is 2.46 bits per heavy atom. The fourth-order valence-corrected chi connectivity index (χ4v) is 5.17. The van der Waals surface area contributed by atoms with Gasteiger partial charge in [0.2, 0.25) is 15.9 Å². The van der Waals surface area contributed by atoms with E-state index in [2.05, 4.69) is 17.0 Å². The van der Waals surface area contributed by atoms with Crippen molar-refractivity contribution in [3.63, 3.8) is 0 Å². The molecule has 2 heterocycles. The van der Waals surface area contributed by atoms with E-state index in [9.17, 15) is 13.2 Å². The number of carbonyl (C=O) groups is 1. The second-order valence-corrected chi connectivity index (χ2v) is 9.34. The average Bonchev–Trinajstić information content (AvgIpc) is 3.15. The summed E-state index contributed by atoms with van der Waals surface area (Å²) in [5.41, 5.74) is 2.31. The number of piperidine rings is 1. The number of hydrogen-bond donors (Lipinski definition) is 0. The highest BCUT2D eigenvalue weighted by Crippen LogP contribution is 2.27. The van der Waals surface area contributed by atoms with Crippen molar-refractivity contribution >= 4 is 21.6 Å². The standard InChI is InChI=1S/C19H29N3O3S/c1-20(19(23)18-11-5-6-14-22(18)26(2,24)25)15-16-9-3-4-10-17(16)21-12-7-8-13-21/h3-4,9-10,18H,5-8,11-15H2,1-2H3. The molecule has 0 aromatic heterocycles. The number of para-hydroxylation sites is 1. The predicted molar refractivity (Wildman–Crippen MR) is 104 cm³/mol. The quantitative estimate of drug-likeness (QED) is 0.786. The van der Waals surface area contributed by atoms with Crippen LogP contribution in [0.3, 0.4) is 0 Å². The molecular weight excluding hydrogens is 350 g/mol. The van der Waals surface area contributed by atoms with Gasteiger partial charge in [0.25, 0.3) is 0 Å². The van der Waals surface area contributed by atoms with Gasteiger partial charge in [-0.3, -0.25) is 4.79 Å². The van der Waals surface area contributed by atoms with Crippen LogP contribution in [0.4, 0.5) is 5.69 Å². The van der Waals surface area contributed by atoms with Crippen LogP contribution < -0.4 is 4.90 Å². The Labute approximate surface area is 156 Å². The molecule has 1 amide bonds. The largest absolute Gasteiger partial charge is 0.371 e. The van der Waals surface area contributed by atoms with Crippen molar-refractivity contribution in [2.24, 2.45) is 0 Å². The minimum absolute atomic E-state index is 0.105. The molecule has 1 aromatic carbocycles. The second kappa shape index (κ2) is 7.96. The van der Waals surface area contributed by atoms with Crippen LogP contribution in [0.2, 0.25) is 0 Å². The Kier molecular flexibility index (Phi) is 5.87. The molecule has 0 radical (unpaired) electrons. The van der Waals surface area contributed by atoms with Crippen LogP contribution in [-0.4, -0.2) is 62.5 Å². The Bertz CT molecular complexity index is 744. The molecule has 0 bridgehead atoms. The van der Waals surface area contributed by atoms with E-state index in [0.29, 0.717) is 19.5 Å². The first-order valence-corrected chi connectivity index (χ1v) is 11.3. The van der Waals surface area contributed by atoms with E-state index in [-0.39, 0.29) is 5.91 Å². The molecular formula is C19H29N3O3S. The maximum atomic E-state index is 13.0. The molecule has 0 N–H and O–H groups in total. The zero-order chi connectivity index (χ0) is 18.7. The first-order valence-electron chi connectivity index (χ1n) is 9.42. The van der Waals surface area contributed by atoms with Gasteiger partial charge in [0.15, 0.2) is 0 Å². The number of carbonyl (C=O) groups excluding carboxylic acids is 1. The van der Waals surface area contributed by atoms with Crippen molar-refractivity contribution in [1.82, 2.24) is 9.21 Å². The van der Waals surface area contributed by atoms with Crippen LogP contribution in [0.1, 0.15) is 37.7 Å². The van der Waals surface area contributed by atoms with E-state index < -0.39 is 16.1 Å². The Balaban J connectivity index is 1.75. The summed E-state index contributed by atoms with van der Waals surface area (Å²) >= 11 is 0. The molecule has 2 aliphatic rings. The van der Waals surface area contributed by atoms with Gasteiger partial charge in [0, 0.05) is 38.9 Å². The van der Waals surface area contributed by atoms with Crippen molar-refractivity contribution in [2.75, 3.05) is 37.8 Å². The lowest BCUT2D eigenvalue weighted by Gasteiger charge is -2.35. The Morgan fingerprint density at radius 2 is 1.77 bits per heavy atom. The summed E-state index contributed by atoms with van der Waals surface area (Å²) in [7, 11) is -1.59. The van der Waals surface area contributed by atoms with Gasteiger partial charge in [-0.2, -0.15) is 4.31 Å². The molecule has 0 saturated carbocycles. The van der Waals surface area contributed by atoms with Crippen molar-refractivity contribution < 1.29 is 13.2 Å². The summed E-state index contributed by atoms with van der Waals surface area (Å²) in [4.78, 5) is 17.1. The van der Waals surface area contributed by atoms with Crippen LogP contribution in [0.15, 0.2) is 24.3 Å². The number of likely N-dealkylation sites (N-methyl/N-ethyl adjacent to an activating group) is 1. The van der Waals surface area contributed by atoms with Crippen molar-refractivity contribution in [1.29, 1.82) is 0 Å². The highest BCUT2D eigenvalue weighted by molar-refractivity contribution is 7.88. The number of sulfonamides is 1. The number of amides is 1. The number of nitrogens with zero attached hydrogens (tertiary/aromatic N) is 3.